The molecule has 0 saturated carbocycles. The van der Waals surface area contributed by atoms with Crippen molar-refractivity contribution in [2.45, 2.75) is 13.8 Å². The lowest BCUT2D eigenvalue weighted by Crippen LogP contribution is -1.91. The normalized spacial score (nSPS) is 10.8. The van der Waals surface area contributed by atoms with Crippen LogP contribution in [0.1, 0.15) is 11.1 Å². The van der Waals surface area contributed by atoms with E-state index in [4.69, 9.17) is 10.3 Å². The molecule has 0 bridgehead atoms. The van der Waals surface area contributed by atoms with E-state index in [0.717, 1.165) is 26.7 Å². The van der Waals surface area contributed by atoms with Gasteiger partial charge in [0, 0.05) is 10.0 Å². The molecule has 106 valence electrons. The van der Waals surface area contributed by atoms with Crippen LogP contribution in [0, 0.1) is 13.8 Å². The number of hydrogen-bond donors (Lipinski definition) is 1. The summed E-state index contributed by atoms with van der Waals surface area (Å²) in [6.45, 7) is 4.10. The molecule has 1 aromatic heterocycles. The fourth-order valence-corrected chi connectivity index (χ4v) is 3.08. The van der Waals surface area contributed by atoms with E-state index in [0.29, 0.717) is 11.6 Å². The molecule has 0 fully saturated rings. The molecule has 3 nitrogen and oxygen atoms in total. The quantitative estimate of drug-likeness (QED) is 0.715. The summed E-state index contributed by atoms with van der Waals surface area (Å²) in [5.74, 6) is 1.10. The molecule has 4 heteroatoms. The van der Waals surface area contributed by atoms with Gasteiger partial charge in [-0.2, -0.15) is 0 Å². The van der Waals surface area contributed by atoms with Gasteiger partial charge >= 0.3 is 0 Å². The zero-order valence-electron chi connectivity index (χ0n) is 11.9. The first-order chi connectivity index (χ1) is 10.1. The van der Waals surface area contributed by atoms with Crippen LogP contribution in [0.25, 0.3) is 22.5 Å². The first-order valence-electron chi connectivity index (χ1n) is 6.65. The number of rotatable bonds is 2. The topological polar surface area (TPSA) is 52.0 Å². The highest BCUT2D eigenvalue weighted by molar-refractivity contribution is 9.10. The minimum absolute atomic E-state index is 0.409. The van der Waals surface area contributed by atoms with E-state index in [2.05, 4.69) is 40.1 Å². The fraction of sp³-hybridized carbons (Fsp3) is 0.118. The lowest BCUT2D eigenvalue weighted by molar-refractivity contribution is 0.436. The van der Waals surface area contributed by atoms with Crippen LogP contribution in [0.4, 0.5) is 5.82 Å². The SMILES string of the molecule is Cc1ccc(-c2onc(N)c2-c2ccccc2C)c(Br)c1. The average molecular weight is 343 g/mol. The van der Waals surface area contributed by atoms with Gasteiger partial charge in [0.05, 0.1) is 5.56 Å². The van der Waals surface area contributed by atoms with E-state index in [1.807, 2.05) is 37.3 Å². The molecule has 1 heterocycles. The van der Waals surface area contributed by atoms with Gasteiger partial charge in [-0.15, -0.1) is 0 Å². The van der Waals surface area contributed by atoms with Crippen LogP contribution in [0.15, 0.2) is 51.5 Å². The Morgan fingerprint density at radius 3 is 2.52 bits per heavy atom. The minimum Gasteiger partial charge on any atom is -0.380 e. The third kappa shape index (κ3) is 2.47. The molecule has 2 aromatic carbocycles. The number of aryl methyl sites for hydroxylation is 2. The van der Waals surface area contributed by atoms with Crippen molar-refractivity contribution in [1.82, 2.24) is 5.16 Å². The number of aromatic nitrogens is 1. The smallest absolute Gasteiger partial charge is 0.178 e. The third-order valence-electron chi connectivity index (χ3n) is 3.50. The van der Waals surface area contributed by atoms with Gasteiger partial charge in [0.25, 0.3) is 0 Å². The molecular weight excluding hydrogens is 328 g/mol. The van der Waals surface area contributed by atoms with Crippen LogP contribution < -0.4 is 5.73 Å². The van der Waals surface area contributed by atoms with Gasteiger partial charge in [-0.05, 0) is 42.7 Å². The van der Waals surface area contributed by atoms with Crippen molar-refractivity contribution in [3.8, 4) is 22.5 Å². The second kappa shape index (κ2) is 5.37. The molecule has 3 rings (SSSR count). The standard InChI is InChI=1S/C17H15BrN2O/c1-10-7-8-13(14(18)9-10)16-15(17(19)20-21-16)12-6-4-3-5-11(12)2/h3-9H,1-2H3,(H2,19,20). The van der Waals surface area contributed by atoms with Gasteiger partial charge in [0.2, 0.25) is 0 Å². The summed E-state index contributed by atoms with van der Waals surface area (Å²) in [6.07, 6.45) is 0. The molecule has 0 radical (unpaired) electrons. The molecule has 0 aliphatic rings. The van der Waals surface area contributed by atoms with Crippen LogP contribution in [-0.4, -0.2) is 5.16 Å². The van der Waals surface area contributed by atoms with Crippen LogP contribution in [0.3, 0.4) is 0 Å². The van der Waals surface area contributed by atoms with Crippen LogP contribution in [0.5, 0.6) is 0 Å². The summed E-state index contributed by atoms with van der Waals surface area (Å²) in [5, 5.41) is 3.96. The van der Waals surface area contributed by atoms with Gasteiger partial charge in [-0.25, -0.2) is 0 Å². The zero-order chi connectivity index (χ0) is 15.0. The Morgan fingerprint density at radius 2 is 1.81 bits per heavy atom. The first-order valence-corrected chi connectivity index (χ1v) is 7.45. The van der Waals surface area contributed by atoms with Crippen molar-refractivity contribution in [2.24, 2.45) is 0 Å². The Bertz CT molecular complexity index is 808. The fourth-order valence-electron chi connectivity index (χ4n) is 2.40. The summed E-state index contributed by atoms with van der Waals surface area (Å²) >= 11 is 3.59. The van der Waals surface area contributed by atoms with Crippen LogP contribution in [0.2, 0.25) is 0 Å². The predicted molar refractivity (Wildman–Crippen MR) is 89.0 cm³/mol. The van der Waals surface area contributed by atoms with E-state index < -0.39 is 0 Å². The lowest BCUT2D eigenvalue weighted by Gasteiger charge is -2.08. The van der Waals surface area contributed by atoms with Crippen molar-refractivity contribution in [3.63, 3.8) is 0 Å². The summed E-state index contributed by atoms with van der Waals surface area (Å²) in [5.41, 5.74) is 11.2. The summed E-state index contributed by atoms with van der Waals surface area (Å²) in [7, 11) is 0. The number of anilines is 1. The highest BCUT2D eigenvalue weighted by Crippen LogP contribution is 2.40. The Kier molecular flexibility index (Phi) is 3.55. The first kappa shape index (κ1) is 13.9. The highest BCUT2D eigenvalue weighted by Gasteiger charge is 2.20. The van der Waals surface area contributed by atoms with E-state index in [9.17, 15) is 0 Å². The predicted octanol–water partition coefficient (Wildman–Crippen LogP) is 4.97. The Morgan fingerprint density at radius 1 is 1.05 bits per heavy atom. The summed E-state index contributed by atoms with van der Waals surface area (Å²) < 4.78 is 6.47. The molecule has 0 amide bonds. The molecule has 21 heavy (non-hydrogen) atoms. The molecule has 0 atom stereocenters. The van der Waals surface area contributed by atoms with Crippen LogP contribution >= 0.6 is 15.9 Å². The van der Waals surface area contributed by atoms with Gasteiger partial charge < -0.3 is 10.3 Å². The lowest BCUT2D eigenvalue weighted by atomic mass is 9.97. The van der Waals surface area contributed by atoms with Crippen molar-refractivity contribution in [3.05, 3.63) is 58.1 Å². The average Bonchev–Trinajstić information content (AvgIpc) is 2.81. The maximum atomic E-state index is 6.04. The van der Waals surface area contributed by atoms with Crippen molar-refractivity contribution in [1.29, 1.82) is 0 Å². The number of nitrogens with two attached hydrogens (primary N) is 1. The maximum Gasteiger partial charge on any atom is 0.178 e. The number of nitrogen functional groups attached to an aromatic ring is 1. The molecule has 0 spiro atoms. The minimum atomic E-state index is 0.409. The molecule has 0 aliphatic heterocycles. The molecular formula is C17H15BrN2O. The van der Waals surface area contributed by atoms with Gasteiger partial charge in [0.15, 0.2) is 11.6 Å². The molecule has 0 saturated heterocycles. The number of hydrogen-bond acceptors (Lipinski definition) is 3. The number of halogens is 1. The molecule has 3 aromatic rings. The summed E-state index contributed by atoms with van der Waals surface area (Å²) in [4.78, 5) is 0. The second-order valence-electron chi connectivity index (χ2n) is 5.07. The van der Waals surface area contributed by atoms with Gasteiger partial charge in [-0.1, -0.05) is 51.4 Å². The molecule has 2 N–H and O–H groups in total. The van der Waals surface area contributed by atoms with E-state index in [1.165, 1.54) is 5.56 Å². The monoisotopic (exact) mass is 342 g/mol. The van der Waals surface area contributed by atoms with Crippen molar-refractivity contribution in [2.75, 3.05) is 5.73 Å². The van der Waals surface area contributed by atoms with E-state index in [1.54, 1.807) is 0 Å². The highest BCUT2D eigenvalue weighted by atomic mass is 79.9. The second-order valence-corrected chi connectivity index (χ2v) is 5.92. The Balaban J connectivity index is 2.25. The third-order valence-corrected chi connectivity index (χ3v) is 4.16. The van der Waals surface area contributed by atoms with Gasteiger partial charge in [0.1, 0.15) is 0 Å². The largest absolute Gasteiger partial charge is 0.380 e. The maximum absolute atomic E-state index is 6.04. The van der Waals surface area contributed by atoms with E-state index in [-0.39, 0.29) is 0 Å². The van der Waals surface area contributed by atoms with E-state index >= 15 is 0 Å². The van der Waals surface area contributed by atoms with Crippen molar-refractivity contribution < 1.29 is 4.52 Å². The zero-order valence-corrected chi connectivity index (χ0v) is 13.4. The van der Waals surface area contributed by atoms with Crippen LogP contribution in [-0.2, 0) is 0 Å². The Hall–Kier alpha value is -2.07. The number of benzene rings is 2. The molecule has 0 aliphatic carbocycles. The molecule has 0 unspecified atom stereocenters. The van der Waals surface area contributed by atoms with Crippen molar-refractivity contribution >= 4 is 21.7 Å². The van der Waals surface area contributed by atoms with Gasteiger partial charge in [-0.3, -0.25) is 0 Å². The number of nitrogens with zero attached hydrogens (tertiary/aromatic N) is 1. The summed E-state index contributed by atoms with van der Waals surface area (Å²) in [6, 6.07) is 14.2. The Labute approximate surface area is 131 Å².